The number of amides is 1. The Balaban J connectivity index is 1.22. The largest absolute Gasteiger partial charge is 0.508 e. The number of pyridine rings is 1. The van der Waals surface area contributed by atoms with E-state index >= 15 is 0 Å². The number of phenolic OH excluding ortho intramolecular Hbond substituents is 1. The van der Waals surface area contributed by atoms with E-state index in [1.54, 1.807) is 12.3 Å². The molecule has 2 N–H and O–H groups in total. The van der Waals surface area contributed by atoms with E-state index in [2.05, 4.69) is 9.97 Å². The number of carbonyl (C=O) groups is 1. The lowest BCUT2D eigenvalue weighted by Crippen LogP contribution is -2.45. The Hall–Kier alpha value is -3.51. The molecular weight excluding hydrogens is 450 g/mol. The van der Waals surface area contributed by atoms with Crippen molar-refractivity contribution < 1.29 is 14.6 Å². The summed E-state index contributed by atoms with van der Waals surface area (Å²) in [6.07, 6.45) is 5.21. The summed E-state index contributed by atoms with van der Waals surface area (Å²) >= 11 is 6.47. The highest BCUT2D eigenvalue weighted by molar-refractivity contribution is 6.31. The number of aromatic hydroxyl groups is 1. The van der Waals surface area contributed by atoms with Crippen LogP contribution in [0.2, 0.25) is 5.02 Å². The molecule has 0 spiro atoms. The van der Waals surface area contributed by atoms with Crippen LogP contribution in [0.1, 0.15) is 29.9 Å². The SMILES string of the molecule is O=C([C@@H]1Cc2cc(Cl)cc(-c3ccnc4[nH]ccc34)c2O1)N1CCC(c2ccccc2O)CC1. The minimum Gasteiger partial charge on any atom is -0.508 e. The van der Waals surface area contributed by atoms with Crippen molar-refractivity contribution in [2.24, 2.45) is 0 Å². The fourth-order valence-electron chi connectivity index (χ4n) is 5.31. The Bertz CT molecular complexity index is 1390. The van der Waals surface area contributed by atoms with Gasteiger partial charge >= 0.3 is 0 Å². The van der Waals surface area contributed by atoms with Gasteiger partial charge in [-0.3, -0.25) is 4.79 Å². The predicted molar refractivity (Wildman–Crippen MR) is 131 cm³/mol. The first-order valence-corrected chi connectivity index (χ1v) is 11.9. The van der Waals surface area contributed by atoms with Crippen molar-refractivity contribution in [2.75, 3.05) is 13.1 Å². The number of ether oxygens (including phenoxy) is 1. The van der Waals surface area contributed by atoms with Crippen LogP contribution in [-0.4, -0.2) is 45.1 Å². The summed E-state index contributed by atoms with van der Waals surface area (Å²) in [5.41, 5.74) is 4.56. The summed E-state index contributed by atoms with van der Waals surface area (Å²) in [7, 11) is 0. The molecule has 6 nitrogen and oxygen atoms in total. The number of hydrogen-bond donors (Lipinski definition) is 2. The number of aromatic amines is 1. The Morgan fingerprint density at radius 3 is 2.76 bits per heavy atom. The number of likely N-dealkylation sites (tertiary alicyclic amines) is 1. The molecule has 1 amide bonds. The number of rotatable bonds is 3. The molecule has 7 heteroatoms. The van der Waals surface area contributed by atoms with Gasteiger partial charge < -0.3 is 19.7 Å². The zero-order chi connectivity index (χ0) is 23.2. The van der Waals surface area contributed by atoms with E-state index in [4.69, 9.17) is 16.3 Å². The quantitative estimate of drug-likeness (QED) is 0.423. The van der Waals surface area contributed by atoms with Crippen LogP contribution >= 0.6 is 11.6 Å². The van der Waals surface area contributed by atoms with Crippen LogP contribution in [0.5, 0.6) is 11.5 Å². The van der Waals surface area contributed by atoms with Crippen LogP contribution in [0.4, 0.5) is 0 Å². The zero-order valence-corrected chi connectivity index (χ0v) is 19.3. The summed E-state index contributed by atoms with van der Waals surface area (Å²) in [5.74, 6) is 1.32. The number of para-hydroxylation sites is 1. The van der Waals surface area contributed by atoms with E-state index in [0.717, 1.165) is 51.9 Å². The smallest absolute Gasteiger partial charge is 0.263 e. The second kappa shape index (κ2) is 8.37. The van der Waals surface area contributed by atoms with Crippen LogP contribution in [0.25, 0.3) is 22.2 Å². The van der Waals surface area contributed by atoms with Gasteiger partial charge in [-0.1, -0.05) is 29.8 Å². The topological polar surface area (TPSA) is 78.5 Å². The lowest BCUT2D eigenvalue weighted by molar-refractivity contribution is -0.139. The molecule has 0 aliphatic carbocycles. The van der Waals surface area contributed by atoms with Crippen molar-refractivity contribution in [2.45, 2.75) is 31.3 Å². The number of phenols is 1. The van der Waals surface area contributed by atoms with Gasteiger partial charge in [0.15, 0.2) is 6.10 Å². The number of nitrogens with zero attached hydrogens (tertiary/aromatic N) is 2. The molecule has 0 unspecified atom stereocenters. The molecular formula is C27H24ClN3O3. The molecule has 0 bridgehead atoms. The van der Waals surface area contributed by atoms with Crippen molar-refractivity contribution in [3.8, 4) is 22.6 Å². The number of nitrogens with one attached hydrogen (secondary N) is 1. The third-order valence-electron chi connectivity index (χ3n) is 7.01. The maximum Gasteiger partial charge on any atom is 0.263 e. The first kappa shape index (κ1) is 21.1. The number of piperidine rings is 1. The summed E-state index contributed by atoms with van der Waals surface area (Å²) < 4.78 is 6.30. The number of carbonyl (C=O) groups excluding carboxylic acids is 1. The maximum absolute atomic E-state index is 13.4. The molecule has 2 aliphatic heterocycles. The highest BCUT2D eigenvalue weighted by Crippen LogP contribution is 2.43. The molecule has 4 aromatic rings. The molecule has 6 rings (SSSR count). The third kappa shape index (κ3) is 3.59. The number of fused-ring (bicyclic) bond motifs is 2. The zero-order valence-electron chi connectivity index (χ0n) is 18.5. The summed E-state index contributed by atoms with van der Waals surface area (Å²) in [4.78, 5) is 22.8. The lowest BCUT2D eigenvalue weighted by atomic mass is 9.88. The maximum atomic E-state index is 13.4. The molecule has 1 saturated heterocycles. The van der Waals surface area contributed by atoms with Crippen molar-refractivity contribution >= 4 is 28.5 Å². The normalized spacial score (nSPS) is 18.1. The minimum absolute atomic E-state index is 0.00975. The monoisotopic (exact) mass is 473 g/mol. The van der Waals surface area contributed by atoms with E-state index < -0.39 is 6.10 Å². The van der Waals surface area contributed by atoms with Gasteiger partial charge in [0.2, 0.25) is 0 Å². The number of halogens is 1. The predicted octanol–water partition coefficient (Wildman–Crippen LogP) is 5.30. The van der Waals surface area contributed by atoms with Gasteiger partial charge in [-0.2, -0.15) is 0 Å². The molecule has 0 saturated carbocycles. The Labute approximate surface area is 202 Å². The van der Waals surface area contributed by atoms with Gasteiger partial charge in [0.1, 0.15) is 17.1 Å². The standard InChI is InChI=1S/C27H24ClN3O3/c28-18-13-17-14-24(27(33)31-11-7-16(8-12-31)19-3-1-2-4-23(19)32)34-25(17)22(15-18)20-5-9-29-26-21(20)6-10-30-26/h1-6,9-10,13,15-16,24,32H,7-8,11-12,14H2,(H,29,30)/t24-/m0/s1. The molecule has 172 valence electrons. The molecule has 4 heterocycles. The highest BCUT2D eigenvalue weighted by atomic mass is 35.5. The van der Waals surface area contributed by atoms with Crippen LogP contribution < -0.4 is 4.74 Å². The fourth-order valence-corrected chi connectivity index (χ4v) is 5.55. The van der Waals surface area contributed by atoms with Crippen LogP contribution in [0, 0.1) is 0 Å². The summed E-state index contributed by atoms with van der Waals surface area (Å²) in [6, 6.07) is 15.2. The van der Waals surface area contributed by atoms with Crippen molar-refractivity contribution in [1.29, 1.82) is 0 Å². The van der Waals surface area contributed by atoms with Crippen LogP contribution in [0.3, 0.4) is 0 Å². The molecule has 0 radical (unpaired) electrons. The van der Waals surface area contributed by atoms with Gasteiger partial charge in [0.05, 0.1) is 0 Å². The number of H-pyrrole nitrogens is 1. The number of hydrogen-bond acceptors (Lipinski definition) is 4. The molecule has 2 aromatic carbocycles. The Morgan fingerprint density at radius 1 is 1.12 bits per heavy atom. The van der Waals surface area contributed by atoms with E-state index in [0.29, 0.717) is 30.3 Å². The van der Waals surface area contributed by atoms with Gasteiger partial charge in [-0.25, -0.2) is 4.98 Å². The lowest BCUT2D eigenvalue weighted by Gasteiger charge is -2.33. The number of benzene rings is 2. The van der Waals surface area contributed by atoms with Gasteiger partial charge in [0, 0.05) is 53.4 Å². The van der Waals surface area contributed by atoms with E-state index in [1.807, 2.05) is 53.6 Å². The minimum atomic E-state index is -0.558. The first-order valence-electron chi connectivity index (χ1n) is 11.6. The Morgan fingerprint density at radius 2 is 1.94 bits per heavy atom. The van der Waals surface area contributed by atoms with Gasteiger partial charge in [-0.15, -0.1) is 0 Å². The summed E-state index contributed by atoms with van der Waals surface area (Å²) in [5, 5.41) is 11.8. The average Bonchev–Trinajstić information content (AvgIpc) is 3.50. The highest BCUT2D eigenvalue weighted by Gasteiger charge is 2.36. The van der Waals surface area contributed by atoms with E-state index in [-0.39, 0.29) is 11.8 Å². The Kier molecular flexibility index (Phi) is 5.18. The molecule has 1 atom stereocenters. The van der Waals surface area contributed by atoms with E-state index in [9.17, 15) is 9.90 Å². The van der Waals surface area contributed by atoms with Crippen molar-refractivity contribution in [1.82, 2.24) is 14.9 Å². The molecule has 34 heavy (non-hydrogen) atoms. The molecule has 1 fully saturated rings. The fraction of sp³-hybridized carbons (Fsp3) is 0.259. The summed E-state index contributed by atoms with van der Waals surface area (Å²) in [6.45, 7) is 1.30. The third-order valence-corrected chi connectivity index (χ3v) is 7.22. The first-order chi connectivity index (χ1) is 16.6. The van der Waals surface area contributed by atoms with Gasteiger partial charge in [0.25, 0.3) is 5.91 Å². The number of aromatic nitrogens is 2. The average molecular weight is 474 g/mol. The van der Waals surface area contributed by atoms with E-state index in [1.165, 1.54) is 0 Å². The van der Waals surface area contributed by atoms with Gasteiger partial charge in [-0.05, 0) is 60.2 Å². The second-order valence-corrected chi connectivity index (χ2v) is 9.45. The van der Waals surface area contributed by atoms with Crippen LogP contribution in [-0.2, 0) is 11.2 Å². The van der Waals surface area contributed by atoms with Crippen molar-refractivity contribution in [3.05, 3.63) is 77.1 Å². The molecule has 2 aromatic heterocycles. The van der Waals surface area contributed by atoms with Crippen LogP contribution in [0.15, 0.2) is 60.9 Å². The van der Waals surface area contributed by atoms with Crippen molar-refractivity contribution in [3.63, 3.8) is 0 Å². The molecule has 2 aliphatic rings. The second-order valence-electron chi connectivity index (χ2n) is 9.01.